The minimum Gasteiger partial charge on any atom is -0.790 e. The van der Waals surface area contributed by atoms with Crippen LogP contribution in [-0.4, -0.2) is 10.7 Å². The minimum atomic E-state index is -4.94. The van der Waals surface area contributed by atoms with E-state index in [1.165, 1.54) is 11.3 Å². The molecule has 0 saturated carbocycles. The molecule has 0 aliphatic carbocycles. The molecule has 0 bridgehead atoms. The van der Waals surface area contributed by atoms with Crippen molar-refractivity contribution in [2.24, 2.45) is 10.9 Å². The first-order chi connectivity index (χ1) is 6.92. The van der Waals surface area contributed by atoms with Crippen LogP contribution < -0.4 is 15.6 Å². The molecule has 0 spiro atoms. The number of phosphoric acid groups is 1. The number of nitrogens with zero attached hydrogens (tertiary/aromatic N) is 2. The zero-order valence-corrected chi connectivity index (χ0v) is 9.46. The first-order valence-electron chi connectivity index (χ1n) is 3.78. The fourth-order valence-electron chi connectivity index (χ4n) is 0.740. The van der Waals surface area contributed by atoms with E-state index in [1.807, 2.05) is 0 Å². The zero-order chi connectivity index (χ0) is 11.5. The molecule has 0 fully saturated rings. The summed E-state index contributed by atoms with van der Waals surface area (Å²) in [7, 11) is -4.94. The molecule has 0 unspecified atom stereocenters. The summed E-state index contributed by atoms with van der Waals surface area (Å²) in [4.78, 5) is 24.3. The molecule has 1 aromatic rings. The number of hydrogen-bond acceptors (Lipinski definition) is 8. The van der Waals surface area contributed by atoms with Crippen LogP contribution in [0.5, 0.6) is 0 Å². The molecule has 0 saturated heterocycles. The normalized spacial score (nSPS) is 13.1. The van der Waals surface area contributed by atoms with Gasteiger partial charge in [0.05, 0.1) is 25.8 Å². The van der Waals surface area contributed by atoms with E-state index in [4.69, 9.17) is 5.84 Å². The van der Waals surface area contributed by atoms with Crippen LogP contribution in [-0.2, 0) is 15.7 Å². The molecule has 0 radical (unpaired) electrons. The third kappa shape index (κ3) is 4.06. The molecule has 2 N–H and O–H groups in total. The van der Waals surface area contributed by atoms with E-state index in [1.54, 1.807) is 12.3 Å². The fourth-order valence-corrected chi connectivity index (χ4v) is 1.79. The summed E-state index contributed by atoms with van der Waals surface area (Å²) < 4.78 is 14.2. The molecule has 1 aromatic heterocycles. The molecule has 0 aromatic carbocycles. The summed E-state index contributed by atoms with van der Waals surface area (Å²) in [5.74, 6) is 5.04. The number of nitrogens with two attached hydrogens (primary N) is 1. The Balaban J connectivity index is 2.65. The Morgan fingerprint density at radius 2 is 2.47 bits per heavy atom. The number of rotatable bonds is 4. The predicted octanol–water partition coefficient (Wildman–Crippen LogP) is -0.829. The van der Waals surface area contributed by atoms with Crippen LogP contribution in [0, 0.1) is 0 Å². The van der Waals surface area contributed by atoms with Crippen LogP contribution in [0.2, 0.25) is 0 Å². The Kier molecular flexibility index (Phi) is 3.95. The van der Waals surface area contributed by atoms with Gasteiger partial charge in [0.2, 0.25) is 0 Å². The standard InChI is InChI=1S/C6H10N3O4PS/c1-4(9-7)6-8-5(3-15-6)2-13-14(10,11)12/h3H,2,7H2,1H3,(H2,10,11,12)/p-2/b9-4+. The maximum atomic E-state index is 10.2. The zero-order valence-electron chi connectivity index (χ0n) is 7.74. The van der Waals surface area contributed by atoms with Crippen LogP contribution >= 0.6 is 19.2 Å². The van der Waals surface area contributed by atoms with Gasteiger partial charge in [0.1, 0.15) is 5.01 Å². The summed E-state index contributed by atoms with van der Waals surface area (Å²) in [6.45, 7) is 1.30. The largest absolute Gasteiger partial charge is 0.790 e. The van der Waals surface area contributed by atoms with Crippen LogP contribution in [0.15, 0.2) is 10.5 Å². The van der Waals surface area contributed by atoms with E-state index in [9.17, 15) is 14.4 Å². The lowest BCUT2D eigenvalue weighted by molar-refractivity contribution is -0.342. The Morgan fingerprint density at radius 3 is 3.00 bits per heavy atom. The Hall–Kier alpha value is -0.790. The van der Waals surface area contributed by atoms with Gasteiger partial charge in [-0.25, -0.2) is 4.98 Å². The predicted molar refractivity (Wildman–Crippen MR) is 50.9 cm³/mol. The monoisotopic (exact) mass is 249 g/mol. The molecule has 1 heterocycles. The molecular formula is C6H8N3O4PS-2. The maximum Gasteiger partial charge on any atom is 0.139 e. The van der Waals surface area contributed by atoms with Gasteiger partial charge in [-0.15, -0.1) is 11.3 Å². The topological polar surface area (TPSA) is 124 Å². The van der Waals surface area contributed by atoms with Crippen LogP contribution in [0.4, 0.5) is 0 Å². The molecule has 0 atom stereocenters. The van der Waals surface area contributed by atoms with Crippen LogP contribution in [0.25, 0.3) is 0 Å². The Bertz CT molecular complexity index is 412. The third-order valence-corrected chi connectivity index (χ3v) is 2.87. The lowest BCUT2D eigenvalue weighted by Crippen LogP contribution is -2.16. The van der Waals surface area contributed by atoms with Crippen molar-refractivity contribution >= 4 is 24.9 Å². The van der Waals surface area contributed by atoms with Crippen molar-refractivity contribution in [1.82, 2.24) is 4.98 Å². The van der Waals surface area contributed by atoms with Crippen LogP contribution in [0.1, 0.15) is 17.6 Å². The minimum absolute atomic E-state index is 0.352. The van der Waals surface area contributed by atoms with Gasteiger partial charge in [-0.05, 0) is 6.92 Å². The van der Waals surface area contributed by atoms with Crippen molar-refractivity contribution in [3.05, 3.63) is 16.1 Å². The fraction of sp³-hybridized carbons (Fsp3) is 0.333. The van der Waals surface area contributed by atoms with Gasteiger partial charge in [-0.1, -0.05) is 0 Å². The van der Waals surface area contributed by atoms with Gasteiger partial charge in [0.15, 0.2) is 0 Å². The lowest BCUT2D eigenvalue weighted by Gasteiger charge is -2.27. The van der Waals surface area contributed by atoms with Gasteiger partial charge in [0.25, 0.3) is 0 Å². The summed E-state index contributed by atoms with van der Waals surface area (Å²) in [5, 5.41) is 5.55. The van der Waals surface area contributed by atoms with Crippen molar-refractivity contribution in [2.75, 3.05) is 0 Å². The first-order valence-corrected chi connectivity index (χ1v) is 6.12. The molecule has 9 heteroatoms. The first kappa shape index (κ1) is 12.3. The van der Waals surface area contributed by atoms with Crippen molar-refractivity contribution in [1.29, 1.82) is 0 Å². The highest BCUT2D eigenvalue weighted by Gasteiger charge is 2.05. The summed E-state index contributed by atoms with van der Waals surface area (Å²) >= 11 is 1.24. The second-order valence-corrected chi connectivity index (χ2v) is 4.59. The van der Waals surface area contributed by atoms with Gasteiger partial charge >= 0.3 is 0 Å². The highest BCUT2D eigenvalue weighted by molar-refractivity contribution is 7.43. The quantitative estimate of drug-likeness (QED) is 0.321. The van der Waals surface area contributed by atoms with Crippen molar-refractivity contribution in [3.63, 3.8) is 0 Å². The van der Waals surface area contributed by atoms with Gasteiger partial charge < -0.3 is 24.7 Å². The molecule has 84 valence electrons. The highest BCUT2D eigenvalue weighted by atomic mass is 32.1. The molecule has 0 aliphatic rings. The van der Waals surface area contributed by atoms with E-state index in [2.05, 4.69) is 14.6 Å². The number of phosphoric ester groups is 1. The van der Waals surface area contributed by atoms with Crippen molar-refractivity contribution in [2.45, 2.75) is 13.5 Å². The smallest absolute Gasteiger partial charge is 0.139 e. The van der Waals surface area contributed by atoms with Crippen molar-refractivity contribution in [3.8, 4) is 0 Å². The van der Waals surface area contributed by atoms with E-state index in [-0.39, 0.29) is 6.61 Å². The van der Waals surface area contributed by atoms with Gasteiger partial charge in [-0.2, -0.15) is 5.10 Å². The number of hydrazone groups is 1. The van der Waals surface area contributed by atoms with Gasteiger partial charge in [-0.3, -0.25) is 0 Å². The third-order valence-electron chi connectivity index (χ3n) is 1.43. The van der Waals surface area contributed by atoms with E-state index >= 15 is 0 Å². The second-order valence-electron chi connectivity index (χ2n) is 2.58. The Morgan fingerprint density at radius 1 is 1.80 bits per heavy atom. The number of thiazole rings is 1. The molecule has 1 rings (SSSR count). The highest BCUT2D eigenvalue weighted by Crippen LogP contribution is 2.26. The molecule has 15 heavy (non-hydrogen) atoms. The average Bonchev–Trinajstić information content (AvgIpc) is 2.61. The van der Waals surface area contributed by atoms with E-state index in [0.717, 1.165) is 0 Å². The summed E-state index contributed by atoms with van der Waals surface area (Å²) in [6.07, 6.45) is 0. The summed E-state index contributed by atoms with van der Waals surface area (Å²) in [6, 6.07) is 0. The van der Waals surface area contributed by atoms with Gasteiger partial charge in [0, 0.05) is 5.38 Å². The summed E-state index contributed by atoms with van der Waals surface area (Å²) in [5.41, 5.74) is 0.878. The SMILES string of the molecule is C/C(=N\N)c1nc(COP(=O)([O-])[O-])cs1. The Labute approximate surface area is 89.8 Å². The number of aromatic nitrogens is 1. The lowest BCUT2D eigenvalue weighted by atomic mass is 10.4. The molecule has 0 aliphatic heterocycles. The second kappa shape index (κ2) is 4.82. The van der Waals surface area contributed by atoms with Crippen molar-refractivity contribution < 1.29 is 18.9 Å². The molecule has 0 amide bonds. The average molecular weight is 249 g/mol. The van der Waals surface area contributed by atoms with E-state index in [0.29, 0.717) is 16.4 Å². The molecular weight excluding hydrogens is 241 g/mol. The molecule has 7 nitrogen and oxygen atoms in total. The maximum absolute atomic E-state index is 10.2. The van der Waals surface area contributed by atoms with Crippen LogP contribution in [0.3, 0.4) is 0 Å². The van der Waals surface area contributed by atoms with E-state index < -0.39 is 7.82 Å². The number of hydrogen-bond donors (Lipinski definition) is 1.